The molecule has 36 heteroatoms. The van der Waals surface area contributed by atoms with Gasteiger partial charge in [0.25, 0.3) is 23.7 Å². The molecule has 0 fully saturated rings. The zero-order chi connectivity index (χ0) is 98.0. The minimum atomic E-state index is -4.49. The molecule has 6 heterocycles. The average Bonchev–Trinajstić information content (AvgIpc) is 1.63. The fourth-order valence-corrected chi connectivity index (χ4v) is 15.6. The van der Waals surface area contributed by atoms with E-state index in [2.05, 4.69) is 14.9 Å². The number of nitrogens with one attached hydrogen (secondary N) is 1. The number of halogens is 19. The first-order valence-corrected chi connectivity index (χ1v) is 42.3. The van der Waals surface area contributed by atoms with Crippen LogP contribution in [-0.2, 0) is 81.4 Å². The average molecular weight is 1980 g/mol. The number of pyridine rings is 1. The summed E-state index contributed by atoms with van der Waals surface area (Å²) in [6, 6.07) is 61.8. The summed E-state index contributed by atoms with van der Waals surface area (Å²) in [6.07, 6.45) is -22.1. The fraction of sp³-hybridized carbons (Fsp3) is 0.214. The summed E-state index contributed by atoms with van der Waals surface area (Å²) in [7, 11) is 0. The number of hydrogen-bond donors (Lipinski definition) is 3. The molecular weight excluding hydrogens is 1900 g/mol. The van der Waals surface area contributed by atoms with E-state index in [9.17, 15) is 109 Å². The van der Waals surface area contributed by atoms with E-state index in [0.29, 0.717) is 91.1 Å². The molecule has 0 saturated carbocycles. The molecule has 17 nitrogen and oxygen atoms in total. The van der Waals surface area contributed by atoms with Crippen molar-refractivity contribution in [2.45, 2.75) is 137 Å². The number of ketones is 1. The molecular formula is C98H84F18IN11O6. The second-order valence-corrected chi connectivity index (χ2v) is 32.1. The van der Waals surface area contributed by atoms with E-state index in [4.69, 9.17) is 11.5 Å². The number of amides is 1. The number of anilines is 2. The van der Waals surface area contributed by atoms with Crippen LogP contribution < -0.4 is 16.8 Å². The number of aromatic nitrogens is 6. The van der Waals surface area contributed by atoms with Gasteiger partial charge >= 0.3 is 30.9 Å². The molecule has 5 N–H and O–H groups in total. The summed E-state index contributed by atoms with van der Waals surface area (Å²) in [5, 5.41) is 27.8. The predicted molar refractivity (Wildman–Crippen MR) is 490 cm³/mol. The summed E-state index contributed by atoms with van der Waals surface area (Å²) in [4.78, 5) is 49.3. The Balaban J connectivity index is 0.000000162. The van der Waals surface area contributed by atoms with Crippen LogP contribution in [0.1, 0.15) is 110 Å². The second kappa shape index (κ2) is 41.5. The molecule has 16 aromatic rings. The Morgan fingerprint density at radius 1 is 0.403 bits per heavy atom. The standard InChI is InChI=1S/C30H27F6N3O2.C17H13F3N2O2.2C17H15F3N2.C10H10N2O2.C7H4F3I/c1-4-39-23-9-8-17(10-20(23)14-24(39)19-6-5-7-21(13-19)30(34,35)36)12-25(40)22-11-18(15-37-26(22)27(31)32)16-38-28(41)29(2,3)33;1-2-21-15-7-6-14(22(23)24)9-12(15)10-16(21)11-4-3-5-13(8-11)17(18,19)20;2*1-2-22-15-7-6-14(21)9-12(15)10-16(22)11-4-3-5-13(8-11)17(18,19)20;1-2-11-6-5-8-7-9(12(13)14)3-4-10(8)11;8-7(9,10)5-2-1-3-6(11)4-5/h5-11,13-15,27H,4,12,16H2,1-3H3,(H,38,41);3-10H,2H2,1H3;2*3-10H,2,21H2,1H3;3-7H,2H2,1H3;1-4H. The molecule has 0 aliphatic rings. The molecule has 0 atom stereocenters. The molecule has 10 aromatic carbocycles. The zero-order valence-electron chi connectivity index (χ0n) is 72.2. The van der Waals surface area contributed by atoms with Crippen molar-refractivity contribution in [3.63, 3.8) is 0 Å². The van der Waals surface area contributed by atoms with Gasteiger partial charge in [-0.3, -0.25) is 34.8 Å². The van der Waals surface area contributed by atoms with Gasteiger partial charge in [0, 0.05) is 180 Å². The number of Topliss-reactive ketones (excluding diaryl/α,β-unsaturated/α-hetero) is 1. The number of hydrogen-bond acceptors (Lipinski definition) is 9. The van der Waals surface area contributed by atoms with Gasteiger partial charge in [-0.25, -0.2) is 13.2 Å². The normalized spacial score (nSPS) is 11.9. The monoisotopic (exact) mass is 1980 g/mol. The molecule has 134 heavy (non-hydrogen) atoms. The summed E-state index contributed by atoms with van der Waals surface area (Å²) < 4.78 is 243. The maximum Gasteiger partial charge on any atom is 0.416 e. The number of alkyl halides is 18. The van der Waals surface area contributed by atoms with E-state index in [1.165, 1.54) is 66.7 Å². The molecule has 0 bridgehead atoms. The Labute approximate surface area is 767 Å². The first-order chi connectivity index (χ1) is 63.0. The third-order valence-corrected chi connectivity index (χ3v) is 22.1. The minimum Gasteiger partial charge on any atom is -0.399 e. The lowest BCUT2D eigenvalue weighted by Crippen LogP contribution is -2.38. The maximum absolute atomic E-state index is 13.8. The first kappa shape index (κ1) is 101. The Hall–Kier alpha value is -13.9. The highest BCUT2D eigenvalue weighted by atomic mass is 127. The molecule has 6 aromatic heterocycles. The van der Waals surface area contributed by atoms with Crippen LogP contribution in [0.4, 0.5) is 102 Å². The molecule has 0 aliphatic carbocycles. The largest absolute Gasteiger partial charge is 0.416 e. The predicted octanol–water partition coefficient (Wildman–Crippen LogP) is 28.5. The van der Waals surface area contributed by atoms with Gasteiger partial charge in [-0.1, -0.05) is 60.7 Å². The number of carbonyl (C=O) groups excluding carboxylic acids is 2. The van der Waals surface area contributed by atoms with Crippen molar-refractivity contribution in [2.24, 2.45) is 0 Å². The highest BCUT2D eigenvalue weighted by molar-refractivity contribution is 14.1. The molecule has 0 spiro atoms. The van der Waals surface area contributed by atoms with Crippen LogP contribution in [0.5, 0.6) is 0 Å². The van der Waals surface area contributed by atoms with Gasteiger partial charge in [-0.2, -0.15) is 65.9 Å². The second-order valence-electron chi connectivity index (χ2n) is 30.9. The maximum atomic E-state index is 13.8. The molecule has 0 unspecified atom stereocenters. The van der Waals surface area contributed by atoms with E-state index in [1.807, 2.05) is 124 Å². The molecule has 1 amide bonds. The van der Waals surface area contributed by atoms with Crippen LogP contribution in [-0.4, -0.2) is 55.0 Å². The van der Waals surface area contributed by atoms with E-state index in [0.717, 1.165) is 130 Å². The Morgan fingerprint density at radius 2 is 0.746 bits per heavy atom. The summed E-state index contributed by atoms with van der Waals surface area (Å²) in [6.45, 7) is 14.9. The zero-order valence-corrected chi connectivity index (χ0v) is 74.4. The number of fused-ring (bicyclic) bond motifs is 5. The number of nitrogens with zero attached hydrogens (tertiary/aromatic N) is 8. The smallest absolute Gasteiger partial charge is 0.399 e. The Bertz CT molecular complexity index is 6830. The topological polar surface area (TPSA) is 222 Å². The summed E-state index contributed by atoms with van der Waals surface area (Å²) in [5.74, 6) is -1.54. The molecule has 0 saturated heterocycles. The number of benzene rings is 10. The number of nitro groups is 2. The van der Waals surface area contributed by atoms with Gasteiger partial charge in [-0.05, 0) is 268 Å². The van der Waals surface area contributed by atoms with Gasteiger partial charge in [0.1, 0.15) is 5.69 Å². The lowest BCUT2D eigenvalue weighted by atomic mass is 9.99. The van der Waals surface area contributed by atoms with E-state index < -0.39 is 93.1 Å². The quantitative estimate of drug-likeness (QED) is 0.0185. The van der Waals surface area contributed by atoms with Crippen molar-refractivity contribution in [1.82, 2.24) is 33.1 Å². The Kier molecular flexibility index (Phi) is 31.1. The van der Waals surface area contributed by atoms with Crippen molar-refractivity contribution < 1.29 is 98.5 Å². The van der Waals surface area contributed by atoms with Gasteiger partial charge in [0.15, 0.2) is 11.5 Å². The SMILES string of the molecule is CCn1c(-c2cccc(C(F)(F)F)c2)cc2cc(CC(=O)c3cc(CNC(=O)C(C)(C)F)cnc3C(F)F)ccc21.CCn1c(-c2cccc(C(F)(F)F)c2)cc2cc(N)ccc21.CCn1c(-c2cccc(C(F)(F)F)c2)cc2cc(N)ccc21.CCn1c(-c2cccc(C(F)(F)F)c2)cc2cc([N+](=O)[O-])ccc21.CCn1ccc2cc([N+](=O)[O-])ccc21.FC(F)(F)c1cccc(I)c1. The van der Waals surface area contributed by atoms with Crippen LogP contribution in [0.15, 0.2) is 261 Å². The fourth-order valence-electron chi connectivity index (χ4n) is 15.0. The van der Waals surface area contributed by atoms with Gasteiger partial charge < -0.3 is 39.6 Å². The summed E-state index contributed by atoms with van der Waals surface area (Å²) in [5.41, 5.74) is 16.2. The first-order valence-electron chi connectivity index (χ1n) is 41.2. The van der Waals surface area contributed by atoms with Crippen LogP contribution >= 0.6 is 22.6 Å². The van der Waals surface area contributed by atoms with Crippen molar-refractivity contribution >= 4 is 112 Å². The number of aryl methyl sites for hydroxylation is 5. The number of non-ortho nitro benzene ring substituents is 2. The van der Waals surface area contributed by atoms with Crippen LogP contribution in [0.25, 0.3) is 99.5 Å². The number of nitro benzene ring substituents is 2. The van der Waals surface area contributed by atoms with Crippen LogP contribution in [0.3, 0.4) is 0 Å². The highest BCUT2D eigenvalue weighted by Crippen LogP contribution is 2.42. The molecule has 700 valence electrons. The molecule has 0 aliphatic heterocycles. The third-order valence-electron chi connectivity index (χ3n) is 21.4. The minimum absolute atomic E-state index is 0.0497. The van der Waals surface area contributed by atoms with Gasteiger partial charge in [-0.15, -0.1) is 0 Å². The van der Waals surface area contributed by atoms with Crippen molar-refractivity contribution in [1.29, 1.82) is 0 Å². The van der Waals surface area contributed by atoms with E-state index in [-0.39, 0.29) is 40.4 Å². The number of nitrogen functional groups attached to an aromatic ring is 2. The highest BCUT2D eigenvalue weighted by Gasteiger charge is 2.36. The van der Waals surface area contributed by atoms with Gasteiger partial charge in [0.2, 0.25) is 0 Å². The number of nitrogens with two attached hydrogens (primary N) is 2. The Morgan fingerprint density at radius 3 is 1.09 bits per heavy atom. The number of carbonyl (C=O) groups is 2. The van der Waals surface area contributed by atoms with E-state index in [1.54, 1.807) is 91.0 Å². The van der Waals surface area contributed by atoms with E-state index >= 15 is 0 Å². The lowest BCUT2D eigenvalue weighted by molar-refractivity contribution is -0.384. The third kappa shape index (κ3) is 24.3. The van der Waals surface area contributed by atoms with Crippen molar-refractivity contribution in [2.75, 3.05) is 11.5 Å². The lowest BCUT2D eigenvalue weighted by Gasteiger charge is -2.15. The van der Waals surface area contributed by atoms with Gasteiger partial charge in [0.05, 0.1) is 37.7 Å². The summed E-state index contributed by atoms with van der Waals surface area (Å²) >= 11 is 1.85. The van der Waals surface area contributed by atoms with Crippen LogP contribution in [0, 0.1) is 23.8 Å². The molecule has 16 rings (SSSR count). The number of rotatable bonds is 18. The molecule has 0 radical (unpaired) electrons. The van der Waals surface area contributed by atoms with Crippen molar-refractivity contribution in [3.05, 3.63) is 335 Å². The van der Waals surface area contributed by atoms with Crippen LogP contribution in [0.2, 0.25) is 0 Å². The van der Waals surface area contributed by atoms with Crippen molar-refractivity contribution in [3.8, 4) is 45.0 Å².